The largest absolute Gasteiger partial charge is 0.491 e. The Morgan fingerprint density at radius 1 is 1.04 bits per heavy atom. The Hall–Kier alpha value is -3.18. The standard InChI is InChI=1S/C23H21NO4/c1-16(25)15-23(27)19-10-4-5-11-20(19)24(22(23)26)13-14-28-21-12-6-8-17-7-2-3-9-18(17)21/h2-12,27H,13-15H2,1H3/t23-/m1/s1. The Labute approximate surface area is 163 Å². The summed E-state index contributed by atoms with van der Waals surface area (Å²) in [6, 6.07) is 20.8. The Kier molecular flexibility index (Phi) is 4.61. The van der Waals surface area contributed by atoms with Crippen molar-refractivity contribution < 1.29 is 19.4 Å². The van der Waals surface area contributed by atoms with E-state index in [9.17, 15) is 14.7 Å². The lowest BCUT2D eigenvalue weighted by molar-refractivity contribution is -0.141. The summed E-state index contributed by atoms with van der Waals surface area (Å²) in [5.41, 5.74) is -0.708. The van der Waals surface area contributed by atoms with E-state index in [-0.39, 0.29) is 25.4 Å². The molecule has 3 aromatic rings. The first-order chi connectivity index (χ1) is 13.5. The smallest absolute Gasteiger partial charge is 0.264 e. The van der Waals surface area contributed by atoms with E-state index in [2.05, 4.69) is 0 Å². The van der Waals surface area contributed by atoms with Crippen molar-refractivity contribution in [3.05, 3.63) is 72.3 Å². The molecular weight excluding hydrogens is 354 g/mol. The molecule has 1 aliphatic heterocycles. The third-order valence-corrected chi connectivity index (χ3v) is 5.07. The van der Waals surface area contributed by atoms with Crippen LogP contribution in [0.1, 0.15) is 18.9 Å². The minimum atomic E-state index is -1.80. The summed E-state index contributed by atoms with van der Waals surface area (Å²) < 4.78 is 5.95. The van der Waals surface area contributed by atoms with Crippen molar-refractivity contribution in [3.63, 3.8) is 0 Å². The molecule has 5 heteroatoms. The number of hydrogen-bond acceptors (Lipinski definition) is 4. The van der Waals surface area contributed by atoms with Crippen LogP contribution in [0.25, 0.3) is 10.8 Å². The number of para-hydroxylation sites is 1. The lowest BCUT2D eigenvalue weighted by Gasteiger charge is -2.22. The van der Waals surface area contributed by atoms with Crippen LogP contribution in [0.5, 0.6) is 5.75 Å². The number of Topliss-reactive ketones (excluding diaryl/α,β-unsaturated/α-hetero) is 1. The number of carbonyl (C=O) groups is 2. The van der Waals surface area contributed by atoms with Crippen LogP contribution in [-0.4, -0.2) is 29.9 Å². The first kappa shape index (κ1) is 18.2. The molecule has 1 aliphatic rings. The van der Waals surface area contributed by atoms with Crippen LogP contribution in [0.4, 0.5) is 5.69 Å². The van der Waals surface area contributed by atoms with Crippen molar-refractivity contribution in [2.24, 2.45) is 0 Å². The van der Waals surface area contributed by atoms with Gasteiger partial charge in [-0.3, -0.25) is 9.59 Å². The number of rotatable bonds is 6. The zero-order valence-corrected chi connectivity index (χ0v) is 15.6. The van der Waals surface area contributed by atoms with Crippen LogP contribution in [0, 0.1) is 0 Å². The molecule has 0 saturated heterocycles. The van der Waals surface area contributed by atoms with Gasteiger partial charge in [-0.15, -0.1) is 0 Å². The fraction of sp³-hybridized carbons (Fsp3) is 0.217. The van der Waals surface area contributed by atoms with E-state index in [1.165, 1.54) is 11.8 Å². The fourth-order valence-electron chi connectivity index (χ4n) is 3.83. The molecular formula is C23H21NO4. The van der Waals surface area contributed by atoms with Gasteiger partial charge in [0.1, 0.15) is 18.1 Å². The highest BCUT2D eigenvalue weighted by Crippen LogP contribution is 2.42. The number of nitrogens with zero attached hydrogens (tertiary/aromatic N) is 1. The normalized spacial score (nSPS) is 18.4. The van der Waals surface area contributed by atoms with Crippen LogP contribution in [0.2, 0.25) is 0 Å². The molecule has 5 nitrogen and oxygen atoms in total. The zero-order chi connectivity index (χ0) is 19.7. The lowest BCUT2D eigenvalue weighted by Crippen LogP contribution is -2.43. The molecule has 1 atom stereocenters. The van der Waals surface area contributed by atoms with E-state index in [0.717, 1.165) is 16.5 Å². The minimum Gasteiger partial charge on any atom is -0.491 e. The average Bonchev–Trinajstić information content (AvgIpc) is 2.89. The lowest BCUT2D eigenvalue weighted by atomic mass is 9.90. The number of ether oxygens (including phenoxy) is 1. The van der Waals surface area contributed by atoms with Gasteiger partial charge in [0.05, 0.1) is 12.2 Å². The molecule has 1 heterocycles. The molecule has 28 heavy (non-hydrogen) atoms. The fourth-order valence-corrected chi connectivity index (χ4v) is 3.83. The van der Waals surface area contributed by atoms with Gasteiger partial charge in [0.25, 0.3) is 5.91 Å². The van der Waals surface area contributed by atoms with E-state index < -0.39 is 11.5 Å². The van der Waals surface area contributed by atoms with Gasteiger partial charge < -0.3 is 14.7 Å². The van der Waals surface area contributed by atoms with Crippen molar-refractivity contribution in [1.29, 1.82) is 0 Å². The summed E-state index contributed by atoms with van der Waals surface area (Å²) in [4.78, 5) is 26.1. The first-order valence-corrected chi connectivity index (χ1v) is 9.24. The van der Waals surface area contributed by atoms with Crippen molar-refractivity contribution in [2.45, 2.75) is 18.9 Å². The molecule has 4 rings (SSSR count). The highest BCUT2D eigenvalue weighted by molar-refractivity contribution is 6.08. The van der Waals surface area contributed by atoms with E-state index in [1.54, 1.807) is 18.2 Å². The Bertz CT molecular complexity index is 1060. The summed E-state index contributed by atoms with van der Waals surface area (Å²) in [5.74, 6) is 0.0296. The van der Waals surface area contributed by atoms with Gasteiger partial charge in [0, 0.05) is 17.4 Å². The number of anilines is 1. The summed E-state index contributed by atoms with van der Waals surface area (Å²) in [6.45, 7) is 1.92. The van der Waals surface area contributed by atoms with Crippen LogP contribution in [-0.2, 0) is 15.2 Å². The van der Waals surface area contributed by atoms with E-state index >= 15 is 0 Å². The van der Waals surface area contributed by atoms with E-state index in [4.69, 9.17) is 4.74 Å². The number of amides is 1. The summed E-state index contributed by atoms with van der Waals surface area (Å²) >= 11 is 0. The number of ketones is 1. The van der Waals surface area contributed by atoms with Crippen molar-refractivity contribution in [2.75, 3.05) is 18.1 Å². The highest BCUT2D eigenvalue weighted by atomic mass is 16.5. The monoisotopic (exact) mass is 375 g/mol. The Morgan fingerprint density at radius 2 is 1.75 bits per heavy atom. The minimum absolute atomic E-state index is 0.233. The van der Waals surface area contributed by atoms with Gasteiger partial charge in [-0.05, 0) is 24.4 Å². The van der Waals surface area contributed by atoms with Crippen LogP contribution < -0.4 is 9.64 Å². The average molecular weight is 375 g/mol. The van der Waals surface area contributed by atoms with Gasteiger partial charge in [0.2, 0.25) is 0 Å². The van der Waals surface area contributed by atoms with Crippen molar-refractivity contribution in [3.8, 4) is 5.75 Å². The summed E-state index contributed by atoms with van der Waals surface area (Å²) in [7, 11) is 0. The van der Waals surface area contributed by atoms with Gasteiger partial charge in [-0.2, -0.15) is 0 Å². The van der Waals surface area contributed by atoms with Gasteiger partial charge in [-0.25, -0.2) is 0 Å². The van der Waals surface area contributed by atoms with Crippen LogP contribution >= 0.6 is 0 Å². The Morgan fingerprint density at radius 3 is 2.57 bits per heavy atom. The molecule has 0 aliphatic carbocycles. The topological polar surface area (TPSA) is 66.8 Å². The second-order valence-electron chi connectivity index (χ2n) is 7.04. The van der Waals surface area contributed by atoms with Gasteiger partial charge >= 0.3 is 0 Å². The number of fused-ring (bicyclic) bond motifs is 2. The number of carbonyl (C=O) groups excluding carboxylic acids is 2. The molecule has 0 aromatic heterocycles. The highest BCUT2D eigenvalue weighted by Gasteiger charge is 2.50. The molecule has 1 amide bonds. The number of aliphatic hydroxyl groups is 1. The maximum Gasteiger partial charge on any atom is 0.264 e. The van der Waals surface area contributed by atoms with E-state index in [0.29, 0.717) is 11.3 Å². The molecule has 0 saturated carbocycles. The third-order valence-electron chi connectivity index (χ3n) is 5.07. The molecule has 1 N–H and O–H groups in total. The SMILES string of the molecule is CC(=O)C[C@]1(O)C(=O)N(CCOc2cccc3ccccc23)c2ccccc21. The predicted molar refractivity (Wildman–Crippen MR) is 107 cm³/mol. The van der Waals surface area contributed by atoms with Crippen LogP contribution in [0.3, 0.4) is 0 Å². The van der Waals surface area contributed by atoms with Crippen molar-refractivity contribution >= 4 is 28.2 Å². The predicted octanol–water partition coefficient (Wildman–Crippen LogP) is 3.43. The van der Waals surface area contributed by atoms with Gasteiger partial charge in [-0.1, -0.05) is 54.6 Å². The molecule has 0 bridgehead atoms. The Balaban J connectivity index is 1.55. The maximum atomic E-state index is 12.9. The second kappa shape index (κ2) is 7.09. The third kappa shape index (κ3) is 3.04. The quantitative estimate of drug-likeness (QED) is 0.717. The molecule has 0 radical (unpaired) electrons. The summed E-state index contributed by atoms with van der Waals surface area (Å²) in [5, 5.41) is 13.0. The van der Waals surface area contributed by atoms with E-state index in [1.807, 2.05) is 48.5 Å². The van der Waals surface area contributed by atoms with Crippen LogP contribution in [0.15, 0.2) is 66.7 Å². The number of hydrogen-bond donors (Lipinski definition) is 1. The molecule has 142 valence electrons. The molecule has 0 fully saturated rings. The summed E-state index contributed by atoms with van der Waals surface area (Å²) in [6.07, 6.45) is -0.233. The second-order valence-corrected chi connectivity index (χ2v) is 7.04. The number of benzene rings is 3. The molecule has 0 spiro atoms. The zero-order valence-electron chi connectivity index (χ0n) is 15.6. The first-order valence-electron chi connectivity index (χ1n) is 9.24. The van der Waals surface area contributed by atoms with Crippen molar-refractivity contribution in [1.82, 2.24) is 0 Å². The van der Waals surface area contributed by atoms with Gasteiger partial charge in [0.15, 0.2) is 5.60 Å². The molecule has 3 aromatic carbocycles. The molecule has 0 unspecified atom stereocenters. The maximum absolute atomic E-state index is 12.9.